The van der Waals surface area contributed by atoms with Gasteiger partial charge in [0.05, 0.1) is 22.5 Å². The third-order valence-corrected chi connectivity index (χ3v) is 7.04. The van der Waals surface area contributed by atoms with Gasteiger partial charge in [-0.25, -0.2) is 4.68 Å². The number of Topliss-reactive ketones (excluding diaryl/α,β-unsaturated/α-hetero) is 1. The first kappa shape index (κ1) is 20.2. The highest BCUT2D eigenvalue weighted by atomic mass is 32.2. The molecule has 1 N–H and O–H groups in total. The van der Waals surface area contributed by atoms with Gasteiger partial charge in [0.2, 0.25) is 11.7 Å². The quantitative estimate of drug-likeness (QED) is 0.331. The van der Waals surface area contributed by atoms with Crippen LogP contribution in [0.1, 0.15) is 16.1 Å². The monoisotopic (exact) mass is 456 g/mol. The van der Waals surface area contributed by atoms with E-state index < -0.39 is 17.6 Å². The van der Waals surface area contributed by atoms with Crippen LogP contribution in [0.2, 0.25) is 0 Å². The van der Waals surface area contributed by atoms with Gasteiger partial charge >= 0.3 is 0 Å². The molecule has 2 aromatic carbocycles. The van der Waals surface area contributed by atoms with Crippen molar-refractivity contribution in [2.24, 2.45) is 5.92 Å². The molecule has 32 heavy (non-hydrogen) atoms. The Hall–Kier alpha value is -3.67. The number of thioether (sulfide) groups is 1. The highest BCUT2D eigenvalue weighted by molar-refractivity contribution is 7.98. The standard InChI is InChI=1S/C24H16N4O2S2/c25-13-17(24(30)26-20-11-6-12-31-20)23(29)21-18-14-32-19-10-5-4-9-16(19)22(18)28(27-21)15-7-2-1-3-8-15/h1-12,17H,14H2,(H,26,30). The Balaban J connectivity index is 1.61. The van der Waals surface area contributed by atoms with Crippen LogP contribution >= 0.6 is 23.1 Å². The Bertz CT molecular complexity index is 1350. The number of thiophene rings is 1. The Kier molecular flexibility index (Phi) is 5.35. The zero-order valence-corrected chi connectivity index (χ0v) is 18.3. The average molecular weight is 457 g/mol. The Morgan fingerprint density at radius 3 is 2.59 bits per heavy atom. The van der Waals surface area contributed by atoms with Crippen LogP contribution in [0.3, 0.4) is 0 Å². The summed E-state index contributed by atoms with van der Waals surface area (Å²) < 4.78 is 1.74. The van der Waals surface area contributed by atoms with E-state index in [1.54, 1.807) is 28.6 Å². The van der Waals surface area contributed by atoms with E-state index in [9.17, 15) is 14.9 Å². The van der Waals surface area contributed by atoms with E-state index in [1.165, 1.54) is 11.3 Å². The van der Waals surface area contributed by atoms with Crippen molar-refractivity contribution in [2.45, 2.75) is 10.6 Å². The van der Waals surface area contributed by atoms with Crippen molar-refractivity contribution in [3.8, 4) is 23.0 Å². The SMILES string of the molecule is N#CC(C(=O)Nc1cccs1)C(=O)c1nn(-c2ccccc2)c2c1CSc1ccccc1-2. The number of anilines is 1. The van der Waals surface area contributed by atoms with Crippen molar-refractivity contribution in [1.29, 1.82) is 5.26 Å². The van der Waals surface area contributed by atoms with Gasteiger partial charge in [0.1, 0.15) is 5.69 Å². The van der Waals surface area contributed by atoms with Crippen molar-refractivity contribution in [3.05, 3.63) is 83.4 Å². The molecule has 0 aliphatic carbocycles. The van der Waals surface area contributed by atoms with Crippen LogP contribution in [0.25, 0.3) is 16.9 Å². The van der Waals surface area contributed by atoms with E-state index in [4.69, 9.17) is 0 Å². The molecule has 0 fully saturated rings. The predicted octanol–water partition coefficient (Wildman–Crippen LogP) is 5.17. The molecule has 0 spiro atoms. The fourth-order valence-electron chi connectivity index (χ4n) is 3.67. The summed E-state index contributed by atoms with van der Waals surface area (Å²) in [6, 6.07) is 22.9. The maximum atomic E-state index is 13.4. The van der Waals surface area contributed by atoms with Gasteiger partial charge in [0.15, 0.2) is 5.92 Å². The number of para-hydroxylation sites is 1. The molecular formula is C24H16N4O2S2. The van der Waals surface area contributed by atoms with Crippen LogP contribution in [-0.2, 0) is 10.5 Å². The van der Waals surface area contributed by atoms with Gasteiger partial charge in [-0.3, -0.25) is 9.59 Å². The van der Waals surface area contributed by atoms with Crippen molar-refractivity contribution >= 4 is 39.8 Å². The maximum absolute atomic E-state index is 13.4. The molecule has 4 aromatic rings. The van der Waals surface area contributed by atoms with E-state index in [-0.39, 0.29) is 5.69 Å². The second kappa shape index (κ2) is 8.46. The number of aromatic nitrogens is 2. The summed E-state index contributed by atoms with van der Waals surface area (Å²) in [6.45, 7) is 0. The summed E-state index contributed by atoms with van der Waals surface area (Å²) in [5.41, 5.74) is 3.52. The largest absolute Gasteiger partial charge is 0.316 e. The van der Waals surface area contributed by atoms with Crippen LogP contribution in [0.15, 0.2) is 77.0 Å². The summed E-state index contributed by atoms with van der Waals surface area (Å²) in [5, 5.41) is 19.4. The van der Waals surface area contributed by atoms with Crippen LogP contribution in [0.4, 0.5) is 5.00 Å². The summed E-state index contributed by atoms with van der Waals surface area (Å²) in [7, 11) is 0. The second-order valence-corrected chi connectivity index (χ2v) is 9.07. The van der Waals surface area contributed by atoms with Crippen molar-refractivity contribution in [2.75, 3.05) is 5.32 Å². The number of nitrogens with one attached hydrogen (secondary N) is 1. The lowest BCUT2D eigenvalue weighted by Gasteiger charge is -2.18. The van der Waals surface area contributed by atoms with Gasteiger partial charge in [-0.15, -0.1) is 23.1 Å². The van der Waals surface area contributed by atoms with E-state index in [0.717, 1.165) is 27.4 Å². The predicted molar refractivity (Wildman–Crippen MR) is 125 cm³/mol. The molecule has 1 unspecified atom stereocenters. The van der Waals surface area contributed by atoms with E-state index in [1.807, 2.05) is 66.0 Å². The number of nitrogens with zero attached hydrogens (tertiary/aromatic N) is 3. The smallest absolute Gasteiger partial charge is 0.250 e. The van der Waals surface area contributed by atoms with Gasteiger partial charge in [-0.1, -0.05) is 36.4 Å². The molecule has 8 heteroatoms. The van der Waals surface area contributed by atoms with Crippen molar-refractivity contribution in [1.82, 2.24) is 9.78 Å². The van der Waals surface area contributed by atoms with Crippen LogP contribution in [0, 0.1) is 17.2 Å². The molecule has 1 atom stereocenters. The third-order valence-electron chi connectivity index (χ3n) is 5.15. The summed E-state index contributed by atoms with van der Waals surface area (Å²) >= 11 is 2.94. The summed E-state index contributed by atoms with van der Waals surface area (Å²) in [4.78, 5) is 27.2. The molecular weight excluding hydrogens is 440 g/mol. The van der Waals surface area contributed by atoms with E-state index in [0.29, 0.717) is 10.8 Å². The number of amides is 1. The van der Waals surface area contributed by atoms with Crippen LogP contribution in [-0.4, -0.2) is 21.5 Å². The lowest BCUT2D eigenvalue weighted by atomic mass is 9.97. The zero-order chi connectivity index (χ0) is 22.1. The minimum atomic E-state index is -1.48. The highest BCUT2D eigenvalue weighted by Crippen LogP contribution is 2.44. The first-order valence-corrected chi connectivity index (χ1v) is 11.7. The molecule has 156 valence electrons. The fraction of sp³-hybridized carbons (Fsp3) is 0.0833. The number of hydrogen-bond donors (Lipinski definition) is 1. The summed E-state index contributed by atoms with van der Waals surface area (Å²) in [6.07, 6.45) is 0. The van der Waals surface area contributed by atoms with Gasteiger partial charge in [-0.2, -0.15) is 10.4 Å². The molecule has 3 heterocycles. The molecule has 2 aromatic heterocycles. The molecule has 1 aliphatic rings. The fourth-order valence-corrected chi connectivity index (χ4v) is 5.36. The van der Waals surface area contributed by atoms with Gasteiger partial charge < -0.3 is 5.32 Å². The number of ketones is 1. The summed E-state index contributed by atoms with van der Waals surface area (Å²) in [5.74, 6) is -2.19. The number of carbonyl (C=O) groups is 2. The van der Waals surface area contributed by atoms with E-state index >= 15 is 0 Å². The molecule has 1 aliphatic heterocycles. The topological polar surface area (TPSA) is 87.8 Å². The normalized spacial score (nSPS) is 12.8. The molecule has 0 radical (unpaired) electrons. The number of hydrogen-bond acceptors (Lipinski definition) is 6. The first-order valence-electron chi connectivity index (χ1n) is 9.85. The lowest BCUT2D eigenvalue weighted by molar-refractivity contribution is -0.117. The third kappa shape index (κ3) is 3.51. The number of fused-ring (bicyclic) bond motifs is 3. The van der Waals surface area contributed by atoms with E-state index in [2.05, 4.69) is 10.4 Å². The second-order valence-electron chi connectivity index (χ2n) is 7.10. The number of carbonyl (C=O) groups excluding carboxylic acids is 2. The zero-order valence-electron chi connectivity index (χ0n) is 16.7. The number of nitriles is 1. The van der Waals surface area contributed by atoms with Gasteiger partial charge in [-0.05, 0) is 35.7 Å². The first-order chi connectivity index (χ1) is 15.7. The Morgan fingerprint density at radius 1 is 1.06 bits per heavy atom. The van der Waals surface area contributed by atoms with Crippen LogP contribution < -0.4 is 5.32 Å². The Labute approximate surface area is 192 Å². The molecule has 0 saturated heterocycles. The lowest BCUT2D eigenvalue weighted by Crippen LogP contribution is -2.29. The molecule has 1 amide bonds. The molecule has 6 nitrogen and oxygen atoms in total. The minimum Gasteiger partial charge on any atom is -0.316 e. The average Bonchev–Trinajstić information content (AvgIpc) is 3.48. The maximum Gasteiger partial charge on any atom is 0.250 e. The number of benzene rings is 2. The number of rotatable bonds is 5. The molecule has 0 saturated carbocycles. The highest BCUT2D eigenvalue weighted by Gasteiger charge is 2.35. The van der Waals surface area contributed by atoms with Crippen LogP contribution in [0.5, 0.6) is 0 Å². The Morgan fingerprint density at radius 2 is 1.84 bits per heavy atom. The van der Waals surface area contributed by atoms with Crippen molar-refractivity contribution in [3.63, 3.8) is 0 Å². The van der Waals surface area contributed by atoms with Gasteiger partial charge in [0, 0.05) is 21.8 Å². The molecule has 0 bridgehead atoms. The molecule has 5 rings (SSSR count). The van der Waals surface area contributed by atoms with Crippen molar-refractivity contribution < 1.29 is 9.59 Å². The van der Waals surface area contributed by atoms with Gasteiger partial charge in [0.25, 0.3) is 0 Å². The minimum absolute atomic E-state index is 0.165.